The number of halogens is 2. The Morgan fingerprint density at radius 3 is 2.94 bits per heavy atom. The van der Waals surface area contributed by atoms with Crippen molar-refractivity contribution in [3.8, 4) is 11.3 Å². The molecule has 3 nitrogen and oxygen atoms in total. The third kappa shape index (κ3) is 3.57. The molecule has 1 heterocycles. The Hall–Kier alpha value is -0.840. The van der Waals surface area contributed by atoms with Crippen molar-refractivity contribution in [2.45, 2.75) is 19.9 Å². The Morgan fingerprint density at radius 2 is 2.22 bits per heavy atom. The minimum Gasteiger partial charge on any atom is -0.439 e. The maximum absolute atomic E-state index is 6.00. The Labute approximate surface area is 120 Å². The van der Waals surface area contributed by atoms with E-state index in [2.05, 4.69) is 33.2 Å². The summed E-state index contributed by atoms with van der Waals surface area (Å²) in [6, 6.07) is 5.65. The van der Waals surface area contributed by atoms with Gasteiger partial charge in [-0.05, 0) is 31.2 Å². The molecule has 1 aromatic heterocycles. The molecule has 0 atom stereocenters. The van der Waals surface area contributed by atoms with E-state index in [0.29, 0.717) is 17.5 Å². The number of hydrogen-bond acceptors (Lipinski definition) is 3. The molecule has 0 unspecified atom stereocenters. The van der Waals surface area contributed by atoms with Crippen LogP contribution in [0.2, 0.25) is 5.02 Å². The third-order valence-corrected chi connectivity index (χ3v) is 3.08. The molecule has 0 aliphatic rings. The van der Waals surface area contributed by atoms with Crippen LogP contribution in [0.4, 0.5) is 0 Å². The molecule has 2 aromatic rings. The number of benzene rings is 1. The molecule has 96 valence electrons. The van der Waals surface area contributed by atoms with Crippen molar-refractivity contribution in [3.63, 3.8) is 0 Å². The third-order valence-electron chi connectivity index (χ3n) is 2.40. The standard InChI is InChI=1S/C13H14BrClN2O/c1-2-3-16-8-13-17-7-12(18-13)9-4-10(14)6-11(15)5-9/h4-7,16H,2-3,8H2,1H3. The summed E-state index contributed by atoms with van der Waals surface area (Å²) in [6.45, 7) is 3.73. The first-order valence-electron chi connectivity index (χ1n) is 5.81. The molecule has 0 saturated heterocycles. The van der Waals surface area contributed by atoms with Crippen LogP contribution in [0.15, 0.2) is 33.3 Å². The van der Waals surface area contributed by atoms with Crippen LogP contribution in [-0.4, -0.2) is 11.5 Å². The average Bonchev–Trinajstić information content (AvgIpc) is 2.77. The van der Waals surface area contributed by atoms with Crippen molar-refractivity contribution in [1.82, 2.24) is 10.3 Å². The summed E-state index contributed by atoms with van der Waals surface area (Å²) in [5.74, 6) is 1.42. The zero-order valence-electron chi connectivity index (χ0n) is 10.0. The Bertz CT molecular complexity index is 507. The van der Waals surface area contributed by atoms with E-state index in [-0.39, 0.29) is 0 Å². The topological polar surface area (TPSA) is 38.1 Å². The molecule has 0 bridgehead atoms. The summed E-state index contributed by atoms with van der Waals surface area (Å²) in [7, 11) is 0. The van der Waals surface area contributed by atoms with Crippen LogP contribution in [0.5, 0.6) is 0 Å². The molecule has 0 fully saturated rings. The first-order valence-corrected chi connectivity index (χ1v) is 6.98. The van der Waals surface area contributed by atoms with Crippen molar-refractivity contribution in [3.05, 3.63) is 39.8 Å². The van der Waals surface area contributed by atoms with Crippen LogP contribution < -0.4 is 5.32 Å². The molecule has 0 saturated carbocycles. The quantitative estimate of drug-likeness (QED) is 0.833. The minimum absolute atomic E-state index is 0.648. The number of hydrogen-bond donors (Lipinski definition) is 1. The van der Waals surface area contributed by atoms with E-state index >= 15 is 0 Å². The summed E-state index contributed by atoms with van der Waals surface area (Å²) in [5.41, 5.74) is 0.920. The molecule has 1 N–H and O–H groups in total. The van der Waals surface area contributed by atoms with E-state index in [9.17, 15) is 0 Å². The molecule has 0 spiro atoms. The minimum atomic E-state index is 0.648. The smallest absolute Gasteiger partial charge is 0.208 e. The van der Waals surface area contributed by atoms with Gasteiger partial charge in [0.15, 0.2) is 5.76 Å². The van der Waals surface area contributed by atoms with Crippen LogP contribution >= 0.6 is 27.5 Å². The lowest BCUT2D eigenvalue weighted by molar-refractivity contribution is 0.478. The summed E-state index contributed by atoms with van der Waals surface area (Å²) in [6.07, 6.45) is 2.82. The van der Waals surface area contributed by atoms with Crippen LogP contribution in [0.3, 0.4) is 0 Å². The fraction of sp³-hybridized carbons (Fsp3) is 0.308. The normalized spacial score (nSPS) is 10.8. The Morgan fingerprint density at radius 1 is 1.39 bits per heavy atom. The van der Waals surface area contributed by atoms with Crippen molar-refractivity contribution >= 4 is 27.5 Å². The van der Waals surface area contributed by atoms with E-state index in [1.54, 1.807) is 6.20 Å². The van der Waals surface area contributed by atoms with Gasteiger partial charge in [-0.15, -0.1) is 0 Å². The molecule has 1 aromatic carbocycles. The van der Waals surface area contributed by atoms with Crippen molar-refractivity contribution in [2.24, 2.45) is 0 Å². The van der Waals surface area contributed by atoms with Gasteiger partial charge in [0.25, 0.3) is 0 Å². The molecule has 5 heteroatoms. The van der Waals surface area contributed by atoms with Crippen molar-refractivity contribution in [1.29, 1.82) is 0 Å². The van der Waals surface area contributed by atoms with Crippen molar-refractivity contribution in [2.75, 3.05) is 6.54 Å². The van der Waals surface area contributed by atoms with Crippen LogP contribution in [0, 0.1) is 0 Å². The molecule has 0 radical (unpaired) electrons. The lowest BCUT2D eigenvalue weighted by atomic mass is 10.2. The number of rotatable bonds is 5. The second kappa shape index (κ2) is 6.36. The fourth-order valence-electron chi connectivity index (χ4n) is 1.59. The molecule has 2 rings (SSSR count). The maximum atomic E-state index is 6.00. The number of nitrogens with zero attached hydrogens (tertiary/aromatic N) is 1. The summed E-state index contributed by atoms with van der Waals surface area (Å²) in [4.78, 5) is 4.24. The van der Waals surface area contributed by atoms with Gasteiger partial charge in [0.1, 0.15) is 0 Å². The van der Waals surface area contributed by atoms with E-state index in [1.807, 2.05) is 18.2 Å². The van der Waals surface area contributed by atoms with Crippen LogP contribution in [-0.2, 0) is 6.54 Å². The van der Waals surface area contributed by atoms with Gasteiger partial charge in [0.05, 0.1) is 12.7 Å². The Balaban J connectivity index is 2.13. The predicted molar refractivity (Wildman–Crippen MR) is 76.6 cm³/mol. The highest BCUT2D eigenvalue weighted by molar-refractivity contribution is 9.10. The zero-order chi connectivity index (χ0) is 13.0. The van der Waals surface area contributed by atoms with Gasteiger partial charge in [0, 0.05) is 15.1 Å². The number of oxazole rings is 1. The maximum Gasteiger partial charge on any atom is 0.208 e. The highest BCUT2D eigenvalue weighted by Gasteiger charge is 2.07. The molecular formula is C13H14BrClN2O. The van der Waals surface area contributed by atoms with Gasteiger partial charge < -0.3 is 9.73 Å². The van der Waals surface area contributed by atoms with Gasteiger partial charge in [-0.3, -0.25) is 0 Å². The SMILES string of the molecule is CCCNCc1ncc(-c2cc(Cl)cc(Br)c2)o1. The predicted octanol–water partition coefficient (Wildman–Crippen LogP) is 4.26. The van der Waals surface area contributed by atoms with E-state index in [0.717, 1.165) is 28.8 Å². The van der Waals surface area contributed by atoms with Gasteiger partial charge in [-0.2, -0.15) is 0 Å². The molecule has 0 aliphatic heterocycles. The molecule has 0 aliphatic carbocycles. The number of nitrogens with one attached hydrogen (secondary N) is 1. The average molecular weight is 330 g/mol. The highest BCUT2D eigenvalue weighted by atomic mass is 79.9. The largest absolute Gasteiger partial charge is 0.439 e. The second-order valence-electron chi connectivity index (χ2n) is 3.95. The first-order chi connectivity index (χ1) is 8.69. The molecule has 0 amide bonds. The van der Waals surface area contributed by atoms with Gasteiger partial charge >= 0.3 is 0 Å². The summed E-state index contributed by atoms with van der Waals surface area (Å²) >= 11 is 9.41. The summed E-state index contributed by atoms with van der Waals surface area (Å²) < 4.78 is 6.60. The first kappa shape index (κ1) is 13.6. The van der Waals surface area contributed by atoms with Crippen LogP contribution in [0.25, 0.3) is 11.3 Å². The molecule has 18 heavy (non-hydrogen) atoms. The van der Waals surface area contributed by atoms with Crippen molar-refractivity contribution < 1.29 is 4.42 Å². The monoisotopic (exact) mass is 328 g/mol. The molecular weight excluding hydrogens is 316 g/mol. The Kier molecular flexibility index (Phi) is 4.80. The lowest BCUT2D eigenvalue weighted by Crippen LogP contribution is -2.13. The van der Waals surface area contributed by atoms with Gasteiger partial charge in [0.2, 0.25) is 5.89 Å². The highest BCUT2D eigenvalue weighted by Crippen LogP contribution is 2.27. The van der Waals surface area contributed by atoms with E-state index in [4.69, 9.17) is 16.0 Å². The lowest BCUT2D eigenvalue weighted by Gasteiger charge is -2.00. The number of aromatic nitrogens is 1. The second-order valence-corrected chi connectivity index (χ2v) is 5.31. The van der Waals surface area contributed by atoms with E-state index in [1.165, 1.54) is 0 Å². The van der Waals surface area contributed by atoms with Crippen LogP contribution in [0.1, 0.15) is 19.2 Å². The zero-order valence-corrected chi connectivity index (χ0v) is 12.4. The fourth-order valence-corrected chi connectivity index (χ4v) is 2.45. The van der Waals surface area contributed by atoms with Gasteiger partial charge in [-0.1, -0.05) is 34.5 Å². The summed E-state index contributed by atoms with van der Waals surface area (Å²) in [5, 5.41) is 3.92. The van der Waals surface area contributed by atoms with E-state index < -0.39 is 0 Å². The van der Waals surface area contributed by atoms with Gasteiger partial charge in [-0.25, -0.2) is 4.98 Å².